The molecule has 0 bridgehead atoms. The fraction of sp³-hybridized carbons (Fsp3) is 0.696. The molecule has 1 aliphatic heterocycles. The second-order valence-electron chi connectivity index (χ2n) is 9.90. The molecule has 2 aliphatic rings. The molecule has 0 radical (unpaired) electrons. The molecule has 1 saturated carbocycles. The van der Waals surface area contributed by atoms with Gasteiger partial charge in [-0.3, -0.25) is 4.79 Å². The Bertz CT molecular complexity index is 863. The zero-order valence-electron chi connectivity index (χ0n) is 19.7. The second kappa shape index (κ2) is 9.38. The molecule has 1 aromatic heterocycles. The number of hydrogen-bond donors (Lipinski definition) is 1. The largest absolute Gasteiger partial charge is 0.444 e. The number of alkyl carbamates (subject to hydrolysis) is 1. The van der Waals surface area contributed by atoms with Gasteiger partial charge in [-0.05, 0) is 58.6 Å². The van der Waals surface area contributed by atoms with Crippen molar-refractivity contribution in [3.05, 3.63) is 23.9 Å². The Kier molecular flexibility index (Phi) is 7.14. The van der Waals surface area contributed by atoms with Crippen LogP contribution in [0.2, 0.25) is 0 Å². The van der Waals surface area contributed by atoms with E-state index in [1.54, 1.807) is 30.6 Å². The molecule has 33 heavy (non-hydrogen) atoms. The zero-order valence-corrected chi connectivity index (χ0v) is 19.7. The lowest BCUT2D eigenvalue weighted by atomic mass is 9.81. The van der Waals surface area contributed by atoms with Gasteiger partial charge in [0.2, 0.25) is 5.91 Å². The van der Waals surface area contributed by atoms with Crippen LogP contribution in [-0.4, -0.2) is 59.7 Å². The van der Waals surface area contributed by atoms with E-state index in [1.165, 1.54) is 0 Å². The summed E-state index contributed by atoms with van der Waals surface area (Å²) in [6.07, 6.45) is -1.14. The lowest BCUT2D eigenvalue weighted by molar-refractivity contribution is -0.142. The number of anilines is 1. The minimum absolute atomic E-state index is 0.0511. The quantitative estimate of drug-likeness (QED) is 0.713. The monoisotopic (exact) mass is 470 g/mol. The van der Waals surface area contributed by atoms with E-state index in [2.05, 4.69) is 10.3 Å². The van der Waals surface area contributed by atoms with Crippen molar-refractivity contribution in [3.63, 3.8) is 0 Å². The fourth-order valence-electron chi connectivity index (χ4n) is 4.63. The highest BCUT2D eigenvalue weighted by Gasteiger charge is 2.46. The molecule has 0 unspecified atom stereocenters. The molecule has 1 aromatic rings. The van der Waals surface area contributed by atoms with E-state index in [0.29, 0.717) is 51.9 Å². The third-order valence-corrected chi connectivity index (χ3v) is 6.42. The Hall–Kier alpha value is -2.52. The number of piperazine rings is 1. The fourth-order valence-corrected chi connectivity index (χ4v) is 4.63. The summed E-state index contributed by atoms with van der Waals surface area (Å²) in [5.41, 5.74) is -1.87. The predicted molar refractivity (Wildman–Crippen MR) is 118 cm³/mol. The Balaban J connectivity index is 1.59. The number of aromatic nitrogens is 1. The van der Waals surface area contributed by atoms with Crippen molar-refractivity contribution in [3.8, 4) is 0 Å². The number of hydrogen-bond acceptors (Lipinski definition) is 5. The van der Waals surface area contributed by atoms with Crippen molar-refractivity contribution in [1.29, 1.82) is 0 Å². The van der Waals surface area contributed by atoms with E-state index in [1.807, 2.05) is 6.92 Å². The van der Waals surface area contributed by atoms with Gasteiger partial charge in [0.05, 0.1) is 11.0 Å². The molecule has 1 aliphatic carbocycles. The first-order chi connectivity index (χ1) is 15.3. The molecule has 10 heteroatoms. The molecule has 1 saturated heterocycles. The molecular formula is C23H33F3N4O3. The molecule has 2 fully saturated rings. The maximum absolute atomic E-state index is 13.4. The number of pyridine rings is 1. The highest BCUT2D eigenvalue weighted by molar-refractivity contribution is 5.83. The van der Waals surface area contributed by atoms with Gasteiger partial charge in [0.15, 0.2) is 0 Å². The highest BCUT2D eigenvalue weighted by Crippen LogP contribution is 2.43. The molecule has 0 aromatic carbocycles. The number of carbonyl (C=O) groups is 2. The van der Waals surface area contributed by atoms with Crippen molar-refractivity contribution in [1.82, 2.24) is 15.2 Å². The molecule has 2 atom stereocenters. The van der Waals surface area contributed by atoms with Crippen LogP contribution in [0, 0.1) is 5.41 Å². The van der Waals surface area contributed by atoms with Crippen LogP contribution >= 0.6 is 0 Å². The summed E-state index contributed by atoms with van der Waals surface area (Å²) in [6, 6.07) is 1.88. The van der Waals surface area contributed by atoms with E-state index in [-0.39, 0.29) is 17.8 Å². The van der Waals surface area contributed by atoms with Gasteiger partial charge in [0.1, 0.15) is 11.4 Å². The number of nitrogens with zero attached hydrogens (tertiary/aromatic N) is 3. The van der Waals surface area contributed by atoms with Crippen LogP contribution in [0.5, 0.6) is 0 Å². The van der Waals surface area contributed by atoms with Crippen LogP contribution in [0.25, 0.3) is 0 Å². The lowest BCUT2D eigenvalue weighted by Crippen LogP contribution is -2.53. The molecule has 1 N–H and O–H groups in total. The standard InChI is InChI=1S/C23H33F3N4O3/c1-5-22(8-6-17(15-22)28-20(32)33-21(2,3)4)19(31)30-12-10-29(11-13-30)18-14-16(7-9-27-18)23(24,25)26/h7,9,14,17H,5-6,8,10-13,15H2,1-4H3,(H,28,32)/t17-,22+/m1/s1. The first-order valence-corrected chi connectivity index (χ1v) is 11.4. The SMILES string of the molecule is CC[C@]1(C(=O)N2CCN(c3cc(C(F)(F)F)ccn3)CC2)CC[C@@H](NC(=O)OC(C)(C)C)C1. The van der Waals surface area contributed by atoms with Crippen molar-refractivity contribution in [2.24, 2.45) is 5.41 Å². The molecule has 0 spiro atoms. The highest BCUT2D eigenvalue weighted by atomic mass is 19.4. The van der Waals surface area contributed by atoms with Gasteiger partial charge in [-0.15, -0.1) is 0 Å². The minimum atomic E-state index is -4.42. The smallest absolute Gasteiger partial charge is 0.416 e. The van der Waals surface area contributed by atoms with Crippen LogP contribution in [0.3, 0.4) is 0 Å². The van der Waals surface area contributed by atoms with Gasteiger partial charge in [-0.25, -0.2) is 9.78 Å². The number of halogens is 3. The molecule has 7 nitrogen and oxygen atoms in total. The average molecular weight is 471 g/mol. The van der Waals surface area contributed by atoms with Crippen LogP contribution in [0.15, 0.2) is 18.3 Å². The van der Waals surface area contributed by atoms with E-state index >= 15 is 0 Å². The Morgan fingerprint density at radius 3 is 2.45 bits per heavy atom. The maximum atomic E-state index is 13.4. The number of rotatable bonds is 4. The van der Waals surface area contributed by atoms with Gasteiger partial charge in [0, 0.05) is 38.4 Å². The third kappa shape index (κ3) is 6.09. The van der Waals surface area contributed by atoms with E-state index in [9.17, 15) is 22.8 Å². The van der Waals surface area contributed by atoms with Gasteiger partial charge in [-0.2, -0.15) is 13.2 Å². The Labute approximate surface area is 192 Å². The number of carbonyl (C=O) groups excluding carboxylic acids is 2. The maximum Gasteiger partial charge on any atom is 0.416 e. The van der Waals surface area contributed by atoms with Crippen LogP contribution in [0.4, 0.5) is 23.8 Å². The van der Waals surface area contributed by atoms with Gasteiger partial charge in [-0.1, -0.05) is 6.92 Å². The summed E-state index contributed by atoms with van der Waals surface area (Å²) < 4.78 is 44.4. The summed E-state index contributed by atoms with van der Waals surface area (Å²) in [5, 5.41) is 2.89. The van der Waals surface area contributed by atoms with Gasteiger partial charge in [0.25, 0.3) is 0 Å². The normalized spacial score (nSPS) is 24.0. The first kappa shape index (κ1) is 25.1. The molecule has 3 rings (SSSR count). The van der Waals surface area contributed by atoms with Crippen LogP contribution < -0.4 is 10.2 Å². The van der Waals surface area contributed by atoms with Gasteiger partial charge >= 0.3 is 12.3 Å². The predicted octanol–water partition coefficient (Wildman–Crippen LogP) is 4.22. The van der Waals surface area contributed by atoms with Crippen molar-refractivity contribution in [2.45, 2.75) is 71.2 Å². The lowest BCUT2D eigenvalue weighted by Gasteiger charge is -2.40. The number of nitrogens with one attached hydrogen (secondary N) is 1. The van der Waals surface area contributed by atoms with Crippen LogP contribution in [-0.2, 0) is 15.7 Å². The third-order valence-electron chi connectivity index (χ3n) is 6.42. The van der Waals surface area contributed by atoms with E-state index in [4.69, 9.17) is 4.74 Å². The molecule has 2 amide bonds. The van der Waals surface area contributed by atoms with Gasteiger partial charge < -0.3 is 19.9 Å². The van der Waals surface area contributed by atoms with Crippen molar-refractivity contribution < 1.29 is 27.5 Å². The average Bonchev–Trinajstić information content (AvgIpc) is 3.15. The van der Waals surface area contributed by atoms with Crippen molar-refractivity contribution >= 4 is 17.8 Å². The number of alkyl halides is 3. The topological polar surface area (TPSA) is 74.8 Å². The Morgan fingerprint density at radius 1 is 1.21 bits per heavy atom. The Morgan fingerprint density at radius 2 is 1.88 bits per heavy atom. The van der Waals surface area contributed by atoms with E-state index < -0.39 is 28.8 Å². The summed E-state index contributed by atoms with van der Waals surface area (Å²) in [4.78, 5) is 33.2. The number of amides is 2. The van der Waals surface area contributed by atoms with E-state index in [0.717, 1.165) is 18.3 Å². The first-order valence-electron chi connectivity index (χ1n) is 11.4. The minimum Gasteiger partial charge on any atom is -0.444 e. The number of ether oxygens (including phenoxy) is 1. The second-order valence-corrected chi connectivity index (χ2v) is 9.90. The summed E-state index contributed by atoms with van der Waals surface area (Å²) in [5.74, 6) is 0.319. The van der Waals surface area contributed by atoms with Crippen LogP contribution in [0.1, 0.15) is 58.9 Å². The summed E-state index contributed by atoms with van der Waals surface area (Å²) in [7, 11) is 0. The summed E-state index contributed by atoms with van der Waals surface area (Å²) in [6.45, 7) is 9.06. The zero-order chi connectivity index (χ0) is 24.4. The molecule has 184 valence electrons. The summed E-state index contributed by atoms with van der Waals surface area (Å²) >= 11 is 0. The molecular weight excluding hydrogens is 437 g/mol. The molecule has 2 heterocycles. The van der Waals surface area contributed by atoms with Crippen molar-refractivity contribution in [2.75, 3.05) is 31.1 Å².